The Morgan fingerprint density at radius 1 is 1.53 bits per heavy atom. The van der Waals surface area contributed by atoms with Crippen molar-refractivity contribution < 1.29 is 13.2 Å². The maximum atomic E-state index is 12.4. The number of nitrogens with zero attached hydrogens (tertiary/aromatic N) is 2. The first-order valence-electron chi connectivity index (χ1n) is 5.86. The van der Waals surface area contributed by atoms with E-state index in [0.717, 1.165) is 12.5 Å². The second-order valence-corrected chi connectivity index (χ2v) is 4.42. The molecule has 0 spiro atoms. The van der Waals surface area contributed by atoms with E-state index < -0.39 is 11.9 Å². The quantitative estimate of drug-likeness (QED) is 0.866. The second-order valence-electron chi connectivity index (χ2n) is 4.42. The third kappa shape index (κ3) is 3.21. The van der Waals surface area contributed by atoms with Crippen molar-refractivity contribution in [2.75, 3.05) is 6.54 Å². The van der Waals surface area contributed by atoms with Crippen molar-refractivity contribution in [3.63, 3.8) is 0 Å². The van der Waals surface area contributed by atoms with E-state index in [9.17, 15) is 13.2 Å². The minimum absolute atomic E-state index is 0.00769. The first kappa shape index (κ1) is 12.4. The highest BCUT2D eigenvalue weighted by molar-refractivity contribution is 5.04. The van der Waals surface area contributed by atoms with Gasteiger partial charge in [-0.25, -0.2) is 0 Å². The van der Waals surface area contributed by atoms with Crippen molar-refractivity contribution in [3.05, 3.63) is 18.0 Å². The molecule has 0 radical (unpaired) electrons. The molecule has 0 saturated heterocycles. The van der Waals surface area contributed by atoms with Crippen LogP contribution in [0.25, 0.3) is 0 Å². The van der Waals surface area contributed by atoms with Gasteiger partial charge in [-0.2, -0.15) is 18.3 Å². The monoisotopic (exact) mass is 247 g/mol. The number of alkyl halides is 3. The van der Waals surface area contributed by atoms with Gasteiger partial charge in [0.15, 0.2) is 5.69 Å². The normalized spacial score (nSPS) is 18.4. The molecule has 1 fully saturated rings. The molecule has 0 aromatic carbocycles. The van der Waals surface area contributed by atoms with E-state index in [2.05, 4.69) is 10.4 Å². The molecule has 1 aliphatic carbocycles. The zero-order valence-corrected chi connectivity index (χ0v) is 9.67. The molecule has 1 aliphatic rings. The third-order valence-electron chi connectivity index (χ3n) is 2.96. The van der Waals surface area contributed by atoms with Crippen molar-refractivity contribution in [1.82, 2.24) is 15.1 Å². The Balaban J connectivity index is 2.00. The van der Waals surface area contributed by atoms with Gasteiger partial charge in [0, 0.05) is 18.8 Å². The lowest BCUT2D eigenvalue weighted by Crippen LogP contribution is -2.27. The summed E-state index contributed by atoms with van der Waals surface area (Å²) in [7, 11) is 0. The fourth-order valence-electron chi connectivity index (χ4n) is 1.71. The maximum Gasteiger partial charge on any atom is 0.435 e. The lowest BCUT2D eigenvalue weighted by Gasteiger charge is -2.16. The highest BCUT2D eigenvalue weighted by Crippen LogP contribution is 2.28. The van der Waals surface area contributed by atoms with Gasteiger partial charge in [-0.1, -0.05) is 6.92 Å². The molecule has 1 aromatic heterocycles. The minimum atomic E-state index is -4.35. The standard InChI is InChI=1S/C11H16F3N3/c1-2-9(7-15-8-3-4-8)17-6-5-10(16-17)11(12,13)14/h5-6,8-9,15H,2-4,7H2,1H3. The van der Waals surface area contributed by atoms with E-state index >= 15 is 0 Å². The van der Waals surface area contributed by atoms with Crippen LogP contribution in [0.1, 0.15) is 37.9 Å². The smallest absolute Gasteiger partial charge is 0.312 e. The van der Waals surface area contributed by atoms with Crippen LogP contribution in [0.5, 0.6) is 0 Å². The Kier molecular flexibility index (Phi) is 3.42. The molecule has 1 aromatic rings. The van der Waals surface area contributed by atoms with Crippen LogP contribution >= 0.6 is 0 Å². The van der Waals surface area contributed by atoms with E-state index in [0.29, 0.717) is 12.6 Å². The van der Waals surface area contributed by atoms with Crippen LogP contribution in [0.2, 0.25) is 0 Å². The maximum absolute atomic E-state index is 12.4. The lowest BCUT2D eigenvalue weighted by molar-refractivity contribution is -0.141. The highest BCUT2D eigenvalue weighted by Gasteiger charge is 2.34. The summed E-state index contributed by atoms with van der Waals surface area (Å²) < 4.78 is 38.6. The number of nitrogens with one attached hydrogen (secondary N) is 1. The summed E-state index contributed by atoms with van der Waals surface area (Å²) in [6, 6.07) is 1.58. The summed E-state index contributed by atoms with van der Waals surface area (Å²) >= 11 is 0. The van der Waals surface area contributed by atoms with Gasteiger partial charge in [0.1, 0.15) is 0 Å². The van der Waals surface area contributed by atoms with Gasteiger partial charge >= 0.3 is 6.18 Å². The molecule has 1 saturated carbocycles. The molecule has 2 rings (SSSR count). The van der Waals surface area contributed by atoms with Crippen LogP contribution < -0.4 is 5.32 Å². The second kappa shape index (κ2) is 4.68. The highest BCUT2D eigenvalue weighted by atomic mass is 19.4. The van der Waals surface area contributed by atoms with Crippen LogP contribution in [0.15, 0.2) is 12.3 Å². The zero-order chi connectivity index (χ0) is 12.5. The topological polar surface area (TPSA) is 29.9 Å². The van der Waals surface area contributed by atoms with Crippen LogP contribution in [-0.4, -0.2) is 22.4 Å². The molecule has 1 N–H and O–H groups in total. The zero-order valence-electron chi connectivity index (χ0n) is 9.67. The average Bonchev–Trinajstić information content (AvgIpc) is 2.93. The molecule has 1 heterocycles. The molecule has 17 heavy (non-hydrogen) atoms. The van der Waals surface area contributed by atoms with E-state index in [-0.39, 0.29) is 6.04 Å². The van der Waals surface area contributed by atoms with Gasteiger partial charge in [-0.15, -0.1) is 0 Å². The Morgan fingerprint density at radius 2 is 2.24 bits per heavy atom. The molecular formula is C11H16F3N3. The molecule has 0 amide bonds. The van der Waals surface area contributed by atoms with Crippen molar-refractivity contribution >= 4 is 0 Å². The van der Waals surface area contributed by atoms with Crippen molar-refractivity contribution in [1.29, 1.82) is 0 Å². The fraction of sp³-hybridized carbons (Fsp3) is 0.727. The van der Waals surface area contributed by atoms with Crippen molar-refractivity contribution in [2.24, 2.45) is 0 Å². The first-order valence-corrected chi connectivity index (χ1v) is 5.86. The number of hydrogen-bond acceptors (Lipinski definition) is 2. The molecular weight excluding hydrogens is 231 g/mol. The van der Waals surface area contributed by atoms with Crippen LogP contribution in [-0.2, 0) is 6.18 Å². The van der Waals surface area contributed by atoms with E-state index in [1.54, 1.807) is 0 Å². The Bertz CT molecular complexity index is 368. The van der Waals surface area contributed by atoms with Gasteiger partial charge in [0.25, 0.3) is 0 Å². The summed E-state index contributed by atoms with van der Waals surface area (Å²) in [6.45, 7) is 2.63. The van der Waals surface area contributed by atoms with Crippen LogP contribution in [0, 0.1) is 0 Å². The van der Waals surface area contributed by atoms with E-state index in [1.165, 1.54) is 23.7 Å². The largest absolute Gasteiger partial charge is 0.435 e. The Hall–Kier alpha value is -1.04. The molecule has 96 valence electrons. The fourth-order valence-corrected chi connectivity index (χ4v) is 1.71. The first-order chi connectivity index (χ1) is 8.00. The van der Waals surface area contributed by atoms with Gasteiger partial charge in [0.05, 0.1) is 6.04 Å². The van der Waals surface area contributed by atoms with Gasteiger partial charge in [-0.05, 0) is 25.3 Å². The van der Waals surface area contributed by atoms with Crippen LogP contribution in [0.4, 0.5) is 13.2 Å². The number of halogens is 3. The molecule has 0 aliphatic heterocycles. The molecule has 1 atom stereocenters. The number of aromatic nitrogens is 2. The molecule has 6 heteroatoms. The third-order valence-corrected chi connectivity index (χ3v) is 2.96. The summed E-state index contributed by atoms with van der Waals surface area (Å²) in [5.74, 6) is 0. The summed E-state index contributed by atoms with van der Waals surface area (Å²) in [6.07, 6.45) is 0.157. The minimum Gasteiger partial charge on any atom is -0.312 e. The number of hydrogen-bond donors (Lipinski definition) is 1. The Labute approximate surface area is 98.0 Å². The predicted molar refractivity (Wildman–Crippen MR) is 57.6 cm³/mol. The van der Waals surface area contributed by atoms with Gasteiger partial charge in [0.2, 0.25) is 0 Å². The van der Waals surface area contributed by atoms with Crippen LogP contribution in [0.3, 0.4) is 0 Å². The lowest BCUT2D eigenvalue weighted by atomic mass is 10.2. The van der Waals surface area contributed by atoms with Gasteiger partial charge in [-0.3, -0.25) is 4.68 Å². The molecule has 1 unspecified atom stereocenters. The molecule has 3 nitrogen and oxygen atoms in total. The summed E-state index contributed by atoms with van der Waals surface area (Å²) in [5, 5.41) is 6.91. The summed E-state index contributed by atoms with van der Waals surface area (Å²) in [4.78, 5) is 0. The average molecular weight is 247 g/mol. The predicted octanol–water partition coefficient (Wildman–Crippen LogP) is 2.61. The SMILES string of the molecule is CCC(CNC1CC1)n1ccc(C(F)(F)F)n1. The van der Waals surface area contributed by atoms with E-state index in [1.807, 2.05) is 6.92 Å². The van der Waals surface area contributed by atoms with E-state index in [4.69, 9.17) is 0 Å². The molecule has 0 bridgehead atoms. The number of rotatable bonds is 5. The van der Waals surface area contributed by atoms with Crippen molar-refractivity contribution in [2.45, 2.75) is 44.4 Å². The Morgan fingerprint density at radius 3 is 2.71 bits per heavy atom. The van der Waals surface area contributed by atoms with Crippen molar-refractivity contribution in [3.8, 4) is 0 Å². The van der Waals surface area contributed by atoms with Gasteiger partial charge < -0.3 is 5.32 Å². The summed E-state index contributed by atoms with van der Waals surface area (Å²) in [5.41, 5.74) is -0.817.